The van der Waals surface area contributed by atoms with Crippen molar-refractivity contribution in [2.75, 3.05) is 7.11 Å². The van der Waals surface area contributed by atoms with Crippen LogP contribution in [0.25, 0.3) is 0 Å². The first-order valence-corrected chi connectivity index (χ1v) is 4.07. The van der Waals surface area contributed by atoms with E-state index in [-0.39, 0.29) is 0 Å². The number of aliphatic imine (C=N–C) groups is 2. The Balaban J connectivity index is 4.54. The molecule has 0 heterocycles. The van der Waals surface area contributed by atoms with Crippen molar-refractivity contribution in [2.45, 2.75) is 0 Å². The summed E-state index contributed by atoms with van der Waals surface area (Å²) in [5.41, 5.74) is 0. The molecule has 0 radical (unpaired) electrons. The molecular formula is C7H9IN2O2. The molecule has 0 unspecified atom stereocenters. The third kappa shape index (κ3) is 4.12. The molecule has 0 aliphatic rings. The molecule has 0 atom stereocenters. The van der Waals surface area contributed by atoms with Gasteiger partial charge in [-0.15, -0.1) is 0 Å². The molecule has 0 rings (SSSR count). The number of nitrogens with zero attached hydrogens (tertiary/aromatic N) is 2. The topological polar surface area (TPSA) is 54.2 Å². The van der Waals surface area contributed by atoms with Crippen LogP contribution >= 0.6 is 22.6 Å². The van der Waals surface area contributed by atoms with Gasteiger partial charge in [0.15, 0.2) is 0 Å². The van der Waals surface area contributed by atoms with Gasteiger partial charge in [-0.25, -0.2) is 4.99 Å². The van der Waals surface area contributed by atoms with Crippen LogP contribution in [0.3, 0.4) is 0 Å². The minimum absolute atomic E-state index is 0.383. The van der Waals surface area contributed by atoms with Crippen LogP contribution in [0.4, 0.5) is 0 Å². The predicted molar refractivity (Wildman–Crippen MR) is 57.9 cm³/mol. The molecule has 0 aromatic rings. The van der Waals surface area contributed by atoms with Crippen LogP contribution in [0.2, 0.25) is 0 Å². The maximum atomic E-state index is 8.32. The molecule has 0 saturated carbocycles. The molecule has 12 heavy (non-hydrogen) atoms. The van der Waals surface area contributed by atoms with Crippen molar-refractivity contribution in [1.82, 2.24) is 0 Å². The maximum Gasteiger partial charge on any atom is 0.228 e. The molecule has 0 saturated heterocycles. The van der Waals surface area contributed by atoms with E-state index >= 15 is 0 Å². The molecule has 0 spiro atoms. The fourth-order valence-electron chi connectivity index (χ4n) is 0.448. The molecule has 4 nitrogen and oxygen atoms in total. The summed E-state index contributed by atoms with van der Waals surface area (Å²) in [6, 6.07) is 0. The number of aliphatic hydroxyl groups is 1. The van der Waals surface area contributed by atoms with Gasteiger partial charge in [0.05, 0.1) is 23.2 Å². The summed E-state index contributed by atoms with van der Waals surface area (Å²) in [5.74, 6) is 0.383. The second-order valence-electron chi connectivity index (χ2n) is 1.60. The highest BCUT2D eigenvalue weighted by atomic mass is 127. The predicted octanol–water partition coefficient (Wildman–Crippen LogP) is 2.04. The minimum atomic E-state index is 0.383. The minimum Gasteiger partial charge on any atom is -0.514 e. The molecule has 66 valence electrons. The van der Waals surface area contributed by atoms with Crippen LogP contribution in [0.5, 0.6) is 0 Å². The smallest absolute Gasteiger partial charge is 0.228 e. The first-order chi connectivity index (χ1) is 5.76. The van der Waals surface area contributed by atoms with Gasteiger partial charge in [-0.05, 0) is 29.3 Å². The molecule has 0 aromatic carbocycles. The van der Waals surface area contributed by atoms with E-state index in [9.17, 15) is 0 Å². The lowest BCUT2D eigenvalue weighted by atomic mass is 10.6. The number of rotatable bonds is 3. The Kier molecular flexibility index (Phi) is 6.35. The van der Waals surface area contributed by atoms with Crippen molar-refractivity contribution in [3.63, 3.8) is 0 Å². The van der Waals surface area contributed by atoms with E-state index in [0.717, 1.165) is 6.26 Å². The van der Waals surface area contributed by atoms with Crippen LogP contribution in [0.15, 0.2) is 32.2 Å². The Labute approximate surface area is 84.5 Å². The summed E-state index contributed by atoms with van der Waals surface area (Å²) in [6.07, 6.45) is 3.55. The normalized spacial score (nSPS) is 13.5. The van der Waals surface area contributed by atoms with Gasteiger partial charge in [0, 0.05) is 6.20 Å². The van der Waals surface area contributed by atoms with Crippen LogP contribution in [0.1, 0.15) is 0 Å². The van der Waals surface area contributed by atoms with Crippen LogP contribution in [-0.2, 0) is 4.74 Å². The zero-order valence-corrected chi connectivity index (χ0v) is 8.72. The van der Waals surface area contributed by atoms with Crippen molar-refractivity contribution in [1.29, 1.82) is 0 Å². The standard InChI is InChI=1S/C7H9IN2O2/c1-9-5-6(8)7(12-2)10-3-4-11/h3-5,11H,1H2,2H3/b4-3+,6-5+,10-7+. The van der Waals surface area contributed by atoms with E-state index in [1.807, 2.05) is 22.6 Å². The Morgan fingerprint density at radius 1 is 1.67 bits per heavy atom. The van der Waals surface area contributed by atoms with E-state index in [4.69, 9.17) is 9.84 Å². The average Bonchev–Trinajstić information content (AvgIpc) is 2.06. The number of methoxy groups -OCH3 is 1. The second kappa shape index (κ2) is 6.84. The molecule has 0 bridgehead atoms. The molecule has 0 aliphatic heterocycles. The largest absolute Gasteiger partial charge is 0.514 e. The fourth-order valence-corrected chi connectivity index (χ4v) is 1.00. The van der Waals surface area contributed by atoms with Gasteiger partial charge in [0.25, 0.3) is 0 Å². The lowest BCUT2D eigenvalue weighted by Gasteiger charge is -1.99. The Hall–Kier alpha value is -0.850. The van der Waals surface area contributed by atoms with Crippen LogP contribution in [-0.4, -0.2) is 24.8 Å². The van der Waals surface area contributed by atoms with Crippen molar-refractivity contribution in [3.05, 3.63) is 22.2 Å². The van der Waals surface area contributed by atoms with E-state index < -0.39 is 0 Å². The zero-order valence-electron chi connectivity index (χ0n) is 6.57. The molecule has 0 fully saturated rings. The summed E-state index contributed by atoms with van der Waals surface area (Å²) >= 11 is 2.00. The summed E-state index contributed by atoms with van der Waals surface area (Å²) in [7, 11) is 1.49. The fraction of sp³-hybridized carbons (Fsp3) is 0.143. The van der Waals surface area contributed by atoms with Crippen LogP contribution in [0, 0.1) is 0 Å². The Morgan fingerprint density at radius 2 is 2.33 bits per heavy atom. The van der Waals surface area contributed by atoms with Crippen molar-refractivity contribution < 1.29 is 9.84 Å². The quantitative estimate of drug-likeness (QED) is 0.372. The van der Waals surface area contributed by atoms with Crippen LogP contribution < -0.4 is 0 Å². The number of hydrogen-bond donors (Lipinski definition) is 1. The second-order valence-corrected chi connectivity index (χ2v) is 2.76. The van der Waals surface area contributed by atoms with Gasteiger partial charge >= 0.3 is 0 Å². The third-order valence-electron chi connectivity index (χ3n) is 0.861. The summed E-state index contributed by atoms with van der Waals surface area (Å²) < 4.78 is 5.60. The van der Waals surface area contributed by atoms with Crippen molar-refractivity contribution in [3.8, 4) is 0 Å². The van der Waals surface area contributed by atoms with E-state index in [2.05, 4.69) is 16.7 Å². The highest BCUT2D eigenvalue weighted by Crippen LogP contribution is 2.09. The first-order valence-electron chi connectivity index (χ1n) is 2.99. The van der Waals surface area contributed by atoms with Gasteiger partial charge in [0.2, 0.25) is 5.90 Å². The Morgan fingerprint density at radius 3 is 2.75 bits per heavy atom. The summed E-state index contributed by atoms with van der Waals surface area (Å²) in [4.78, 5) is 7.33. The number of aliphatic hydroxyl groups excluding tert-OH is 1. The number of hydrogen-bond acceptors (Lipinski definition) is 4. The SMILES string of the molecule is C=N\C=C(I)/C(=N\C=C\O)OC. The molecule has 0 aromatic heterocycles. The van der Waals surface area contributed by atoms with E-state index in [1.54, 1.807) is 0 Å². The maximum absolute atomic E-state index is 8.32. The van der Waals surface area contributed by atoms with Gasteiger partial charge in [-0.1, -0.05) is 0 Å². The monoisotopic (exact) mass is 280 g/mol. The zero-order chi connectivity index (χ0) is 9.40. The number of ether oxygens (including phenoxy) is 1. The highest BCUT2D eigenvalue weighted by Gasteiger charge is 2.00. The highest BCUT2D eigenvalue weighted by molar-refractivity contribution is 14.1. The van der Waals surface area contributed by atoms with Crippen molar-refractivity contribution in [2.24, 2.45) is 9.98 Å². The van der Waals surface area contributed by atoms with Gasteiger partial charge < -0.3 is 9.84 Å². The third-order valence-corrected chi connectivity index (χ3v) is 1.60. The van der Waals surface area contributed by atoms with E-state index in [0.29, 0.717) is 9.48 Å². The molecule has 5 heteroatoms. The van der Waals surface area contributed by atoms with E-state index in [1.165, 1.54) is 19.5 Å². The van der Waals surface area contributed by atoms with Crippen molar-refractivity contribution >= 4 is 35.2 Å². The molecule has 0 amide bonds. The Bertz CT molecular complexity index is 234. The van der Waals surface area contributed by atoms with Gasteiger partial charge in [-0.3, -0.25) is 4.99 Å². The van der Waals surface area contributed by atoms with Gasteiger partial charge in [-0.2, -0.15) is 0 Å². The number of halogens is 1. The molecular weight excluding hydrogens is 271 g/mol. The lowest BCUT2D eigenvalue weighted by Crippen LogP contribution is -1.99. The van der Waals surface area contributed by atoms with Gasteiger partial charge in [0.1, 0.15) is 0 Å². The lowest BCUT2D eigenvalue weighted by molar-refractivity contribution is 0.405. The first kappa shape index (κ1) is 11.2. The average molecular weight is 280 g/mol. The summed E-state index contributed by atoms with van der Waals surface area (Å²) in [5, 5.41) is 8.32. The molecule has 0 aliphatic carbocycles. The summed E-state index contributed by atoms with van der Waals surface area (Å²) in [6.45, 7) is 3.29. The molecule has 1 N–H and O–H groups in total.